The minimum absolute atomic E-state index is 0.136. The predicted octanol–water partition coefficient (Wildman–Crippen LogP) is -0.473. The predicted molar refractivity (Wildman–Crippen MR) is 33.5 cm³/mol. The van der Waals surface area contributed by atoms with Gasteiger partial charge in [0.25, 0.3) is 0 Å². The summed E-state index contributed by atoms with van der Waals surface area (Å²) in [6.07, 6.45) is -0.136. The van der Waals surface area contributed by atoms with Crippen molar-refractivity contribution in [1.29, 1.82) is 0 Å². The minimum Gasteiger partial charge on any atom is -0.363 e. The van der Waals surface area contributed by atoms with Gasteiger partial charge in [0.2, 0.25) is 0 Å². The summed E-state index contributed by atoms with van der Waals surface area (Å²) in [7, 11) is 1.88. The number of nitrogens with one attached hydrogen (secondary N) is 1. The molecular formula is C5H14N2O. The monoisotopic (exact) mass is 118 g/mol. The molecule has 3 heteroatoms. The van der Waals surface area contributed by atoms with Gasteiger partial charge in [0, 0.05) is 6.54 Å². The average Bonchev–Trinajstić information content (AvgIpc) is 1.66. The molecule has 0 amide bonds. The first-order chi connectivity index (χ1) is 3.77. The van der Waals surface area contributed by atoms with E-state index in [-0.39, 0.29) is 6.23 Å². The fourth-order valence-electron chi connectivity index (χ4n) is 0.347. The van der Waals surface area contributed by atoms with E-state index >= 15 is 0 Å². The lowest BCUT2D eigenvalue weighted by molar-refractivity contribution is 0.0736. The van der Waals surface area contributed by atoms with Crippen LogP contribution in [0.3, 0.4) is 0 Å². The molecule has 1 atom stereocenters. The first kappa shape index (κ1) is 7.88. The molecule has 1 unspecified atom stereocenters. The first-order valence-electron chi connectivity index (χ1n) is 2.79. The second kappa shape index (κ2) is 5.03. The van der Waals surface area contributed by atoms with Crippen LogP contribution in [0.4, 0.5) is 0 Å². The van der Waals surface area contributed by atoms with Gasteiger partial charge < -0.3 is 15.8 Å². The Kier molecular flexibility index (Phi) is 4.95. The van der Waals surface area contributed by atoms with Crippen molar-refractivity contribution < 1.29 is 4.74 Å². The van der Waals surface area contributed by atoms with Crippen molar-refractivity contribution in [3.05, 3.63) is 0 Å². The van der Waals surface area contributed by atoms with E-state index in [1.807, 2.05) is 14.0 Å². The molecule has 0 fully saturated rings. The number of hydrogen-bond donors (Lipinski definition) is 2. The summed E-state index contributed by atoms with van der Waals surface area (Å²) in [6.45, 7) is 3.37. The lowest BCUT2D eigenvalue weighted by atomic mass is 10.6. The molecule has 0 aliphatic carbocycles. The van der Waals surface area contributed by atoms with Crippen molar-refractivity contribution in [1.82, 2.24) is 5.32 Å². The summed E-state index contributed by atoms with van der Waals surface area (Å²) < 4.78 is 5.00. The highest BCUT2D eigenvalue weighted by atomic mass is 16.5. The molecule has 0 aromatic carbocycles. The van der Waals surface area contributed by atoms with Gasteiger partial charge in [-0.3, -0.25) is 0 Å². The molecule has 0 rings (SSSR count). The van der Waals surface area contributed by atoms with Crippen LogP contribution in [0.5, 0.6) is 0 Å². The number of ether oxygens (including phenoxy) is 1. The van der Waals surface area contributed by atoms with Gasteiger partial charge in [0.1, 0.15) is 6.23 Å². The molecule has 0 spiro atoms. The van der Waals surface area contributed by atoms with Gasteiger partial charge in [-0.15, -0.1) is 0 Å². The van der Waals surface area contributed by atoms with Crippen LogP contribution in [-0.2, 0) is 4.74 Å². The topological polar surface area (TPSA) is 47.3 Å². The Labute approximate surface area is 50.2 Å². The fourth-order valence-corrected chi connectivity index (χ4v) is 0.347. The van der Waals surface area contributed by atoms with Crippen molar-refractivity contribution in [3.8, 4) is 0 Å². The molecule has 50 valence electrons. The molecule has 0 bridgehead atoms. The molecule has 0 saturated carbocycles. The summed E-state index contributed by atoms with van der Waals surface area (Å²) in [5, 5.41) is 2.94. The van der Waals surface area contributed by atoms with Gasteiger partial charge in [-0.25, -0.2) is 0 Å². The lowest BCUT2D eigenvalue weighted by Crippen LogP contribution is -2.24. The Hall–Kier alpha value is -0.120. The van der Waals surface area contributed by atoms with Crippen molar-refractivity contribution >= 4 is 0 Å². The molecule has 0 aromatic heterocycles. The summed E-state index contributed by atoms with van der Waals surface area (Å²) in [5.74, 6) is 0. The molecule has 8 heavy (non-hydrogen) atoms. The van der Waals surface area contributed by atoms with E-state index in [0.717, 1.165) is 6.54 Å². The molecule has 0 aliphatic heterocycles. The third kappa shape index (κ3) is 5.88. The van der Waals surface area contributed by atoms with Gasteiger partial charge >= 0.3 is 0 Å². The third-order valence-electron chi connectivity index (χ3n) is 0.733. The van der Waals surface area contributed by atoms with Crippen LogP contribution in [0.15, 0.2) is 0 Å². The van der Waals surface area contributed by atoms with Crippen molar-refractivity contribution in [2.45, 2.75) is 13.2 Å². The zero-order chi connectivity index (χ0) is 6.41. The van der Waals surface area contributed by atoms with Gasteiger partial charge in [-0.05, 0) is 14.0 Å². The molecule has 0 aromatic rings. The minimum atomic E-state index is -0.136. The number of rotatable bonds is 4. The van der Waals surface area contributed by atoms with E-state index in [0.29, 0.717) is 6.61 Å². The van der Waals surface area contributed by atoms with E-state index in [2.05, 4.69) is 5.32 Å². The maximum absolute atomic E-state index is 5.28. The van der Waals surface area contributed by atoms with Gasteiger partial charge in [0.05, 0.1) is 6.61 Å². The summed E-state index contributed by atoms with van der Waals surface area (Å²) >= 11 is 0. The van der Waals surface area contributed by atoms with Crippen LogP contribution in [0.25, 0.3) is 0 Å². The van der Waals surface area contributed by atoms with Gasteiger partial charge in [-0.1, -0.05) is 0 Å². The molecule has 0 saturated heterocycles. The maximum Gasteiger partial charge on any atom is 0.102 e. The Bertz CT molecular complexity index is 47.7. The quantitative estimate of drug-likeness (QED) is 0.387. The molecular weight excluding hydrogens is 104 g/mol. The summed E-state index contributed by atoms with van der Waals surface area (Å²) in [5.41, 5.74) is 5.28. The lowest BCUT2D eigenvalue weighted by Gasteiger charge is -2.05. The van der Waals surface area contributed by atoms with Crippen LogP contribution in [0.1, 0.15) is 6.92 Å². The van der Waals surface area contributed by atoms with Gasteiger partial charge in [-0.2, -0.15) is 0 Å². The zero-order valence-electron chi connectivity index (χ0n) is 5.48. The summed E-state index contributed by atoms with van der Waals surface area (Å²) in [6, 6.07) is 0. The van der Waals surface area contributed by atoms with E-state index in [4.69, 9.17) is 10.5 Å². The Morgan fingerprint density at radius 3 is 2.75 bits per heavy atom. The number of nitrogens with two attached hydrogens (primary N) is 1. The SMILES string of the molecule is CNCCOC(C)N. The Balaban J connectivity index is 2.72. The van der Waals surface area contributed by atoms with Crippen LogP contribution in [-0.4, -0.2) is 26.4 Å². The maximum atomic E-state index is 5.28. The second-order valence-electron chi connectivity index (χ2n) is 1.68. The third-order valence-corrected chi connectivity index (χ3v) is 0.733. The Morgan fingerprint density at radius 1 is 1.75 bits per heavy atom. The van der Waals surface area contributed by atoms with Crippen molar-refractivity contribution in [3.63, 3.8) is 0 Å². The highest BCUT2D eigenvalue weighted by molar-refractivity contribution is 4.37. The molecule has 0 heterocycles. The number of likely N-dealkylation sites (N-methyl/N-ethyl adjacent to an activating group) is 1. The summed E-state index contributed by atoms with van der Waals surface area (Å²) in [4.78, 5) is 0. The van der Waals surface area contributed by atoms with E-state index in [1.54, 1.807) is 0 Å². The van der Waals surface area contributed by atoms with Crippen molar-refractivity contribution in [2.24, 2.45) is 5.73 Å². The van der Waals surface area contributed by atoms with Crippen molar-refractivity contribution in [2.75, 3.05) is 20.2 Å². The van der Waals surface area contributed by atoms with E-state index in [1.165, 1.54) is 0 Å². The van der Waals surface area contributed by atoms with Crippen LogP contribution >= 0.6 is 0 Å². The average molecular weight is 118 g/mol. The molecule has 0 aliphatic rings. The second-order valence-corrected chi connectivity index (χ2v) is 1.68. The largest absolute Gasteiger partial charge is 0.363 e. The standard InChI is InChI=1S/C5H14N2O/c1-5(6)8-4-3-7-2/h5,7H,3-4,6H2,1-2H3. The van der Waals surface area contributed by atoms with E-state index < -0.39 is 0 Å². The Morgan fingerprint density at radius 2 is 2.38 bits per heavy atom. The zero-order valence-corrected chi connectivity index (χ0v) is 5.48. The normalized spacial score (nSPS) is 13.9. The van der Waals surface area contributed by atoms with Crippen LogP contribution in [0.2, 0.25) is 0 Å². The fraction of sp³-hybridized carbons (Fsp3) is 1.00. The smallest absolute Gasteiger partial charge is 0.102 e. The van der Waals surface area contributed by atoms with Crippen LogP contribution < -0.4 is 11.1 Å². The highest BCUT2D eigenvalue weighted by Gasteiger charge is 1.88. The first-order valence-corrected chi connectivity index (χ1v) is 2.79. The molecule has 3 nitrogen and oxygen atoms in total. The molecule has 0 radical (unpaired) electrons. The number of hydrogen-bond acceptors (Lipinski definition) is 3. The van der Waals surface area contributed by atoms with Crippen LogP contribution in [0, 0.1) is 0 Å². The highest BCUT2D eigenvalue weighted by Crippen LogP contribution is 1.75. The van der Waals surface area contributed by atoms with Gasteiger partial charge in [0.15, 0.2) is 0 Å². The molecule has 3 N–H and O–H groups in total. The van der Waals surface area contributed by atoms with E-state index in [9.17, 15) is 0 Å².